The largest absolute Gasteiger partial charge is 0.521 e. The second-order valence-corrected chi connectivity index (χ2v) is 1.52. The van der Waals surface area contributed by atoms with Gasteiger partial charge in [-0.3, -0.25) is 13.2 Å². The van der Waals surface area contributed by atoms with Crippen LogP contribution < -0.4 is 0 Å². The standard InChI is InChI=1S/C8H12.4C2H5.2C2H3.4Y/c1-3-5-7-8-6-4-2;6*1-2;;;;/h3-6H,1-2,7-8H2;4*1H2,2H3;2*1H,2H2;;;;/q-2;6*-1;;;;. The molecule has 0 rings (SSSR count). The summed E-state index contributed by atoms with van der Waals surface area (Å²) in [6.07, 6.45) is 9.87. The molecule has 4 radical (unpaired) electrons. The molecule has 0 saturated carbocycles. The zero-order valence-corrected chi connectivity index (χ0v) is 28.2. The molecule has 0 spiro atoms. The Hall–Kier alpha value is 3.12. The van der Waals surface area contributed by atoms with Gasteiger partial charge >= 0.3 is 0 Å². The van der Waals surface area contributed by atoms with E-state index in [1.807, 2.05) is 25.0 Å². The molecule has 0 aromatic heterocycles. The Balaban J connectivity index is -0.0000000103. The molecule has 0 aromatic carbocycles. The zero-order valence-electron chi connectivity index (χ0n) is 16.8. The van der Waals surface area contributed by atoms with Crippen LogP contribution in [0.2, 0.25) is 0 Å². The molecule has 0 aliphatic rings. The minimum Gasteiger partial charge on any atom is -0.521 e. The molecular weight excluding hydrogens is 596 g/mol. The van der Waals surface area contributed by atoms with E-state index in [4.69, 9.17) is 0 Å². The maximum Gasteiger partial charge on any atom is 0 e. The zero-order chi connectivity index (χ0) is 18.2. The summed E-state index contributed by atoms with van der Waals surface area (Å²) >= 11 is 0. The van der Waals surface area contributed by atoms with Crippen molar-refractivity contribution in [3.8, 4) is 0 Å². The maximum atomic E-state index is 4.25. The van der Waals surface area contributed by atoms with Gasteiger partial charge in [0.1, 0.15) is 0 Å². The van der Waals surface area contributed by atoms with Crippen molar-refractivity contribution in [2.75, 3.05) is 0 Å². The van der Waals surface area contributed by atoms with Crippen LogP contribution >= 0.6 is 0 Å². The van der Waals surface area contributed by atoms with Gasteiger partial charge in [-0.1, -0.05) is 0 Å². The fourth-order valence-corrected chi connectivity index (χ4v) is 0.428. The van der Waals surface area contributed by atoms with Gasteiger partial charge in [-0.05, 0) is 0 Å². The minimum absolute atomic E-state index is 0. The Kier molecular flexibility index (Phi) is 588. The van der Waals surface area contributed by atoms with Crippen LogP contribution in [0.5, 0.6) is 0 Å². The Morgan fingerprint density at radius 1 is 0.583 bits per heavy atom. The monoisotopic (exact) mass is 634 g/mol. The first-order chi connectivity index (χ1) is 9.91. The van der Waals surface area contributed by atoms with Crippen LogP contribution in [0.4, 0.5) is 0 Å². The molecule has 0 nitrogen and oxygen atoms in total. The van der Waals surface area contributed by atoms with Crippen LogP contribution in [0.25, 0.3) is 0 Å². The Morgan fingerprint density at radius 3 is 0.792 bits per heavy atom. The third-order valence-corrected chi connectivity index (χ3v) is 0.833. The van der Waals surface area contributed by atoms with Crippen molar-refractivity contribution in [1.82, 2.24) is 0 Å². The summed E-state index contributed by atoms with van der Waals surface area (Å²) < 4.78 is 0. The van der Waals surface area contributed by atoms with Gasteiger partial charge in [0.25, 0.3) is 0 Å². The summed E-state index contributed by atoms with van der Waals surface area (Å²) in [6.45, 7) is 41.1. The molecule has 138 valence electrons. The predicted molar refractivity (Wildman–Crippen MR) is 102 cm³/mol. The summed E-state index contributed by atoms with van der Waals surface area (Å²) in [5.74, 6) is 0. The molecule has 0 fully saturated rings. The second kappa shape index (κ2) is 198. The summed E-state index contributed by atoms with van der Waals surface area (Å²) in [4.78, 5) is 0. The first-order valence-electron chi connectivity index (χ1n) is 6.44. The summed E-state index contributed by atoms with van der Waals surface area (Å²) in [7, 11) is 0. The van der Waals surface area contributed by atoms with Gasteiger partial charge in [-0.15, -0.1) is 12.8 Å². The molecular formula is C20H38Y4-8. The van der Waals surface area contributed by atoms with Gasteiger partial charge in [-0.25, -0.2) is 38.2 Å². The fourth-order valence-electron chi connectivity index (χ4n) is 0.428. The van der Waals surface area contributed by atoms with E-state index in [2.05, 4.69) is 67.2 Å². The number of allylic oxidation sites excluding steroid dienone is 2. The molecule has 0 atom stereocenters. The Labute approximate surface area is 258 Å². The van der Waals surface area contributed by atoms with Crippen LogP contribution in [0, 0.1) is 53.7 Å². The summed E-state index contributed by atoms with van der Waals surface area (Å²) in [5.41, 5.74) is 0. The van der Waals surface area contributed by atoms with Gasteiger partial charge in [0.05, 0.1) is 0 Å². The van der Waals surface area contributed by atoms with Gasteiger partial charge in [-0.2, -0.15) is 27.7 Å². The first-order valence-corrected chi connectivity index (χ1v) is 6.44. The quantitative estimate of drug-likeness (QED) is 0.224. The van der Waals surface area contributed by atoms with Crippen LogP contribution in [-0.4, -0.2) is 0 Å². The minimum atomic E-state index is 0. The van der Waals surface area contributed by atoms with E-state index >= 15 is 0 Å². The number of rotatable bonds is 5. The molecule has 0 bridgehead atoms. The molecule has 0 aliphatic heterocycles. The summed E-state index contributed by atoms with van der Waals surface area (Å²) in [6, 6.07) is 0. The van der Waals surface area contributed by atoms with Crippen LogP contribution in [0.3, 0.4) is 0 Å². The number of unbranched alkanes of at least 4 members (excludes halogenated alkanes) is 3. The van der Waals surface area contributed by atoms with E-state index in [1.54, 1.807) is 27.7 Å². The average Bonchev–Trinajstić information content (AvgIpc) is 2.62. The molecule has 24 heavy (non-hydrogen) atoms. The van der Waals surface area contributed by atoms with Crippen molar-refractivity contribution in [3.63, 3.8) is 0 Å². The van der Waals surface area contributed by atoms with Gasteiger partial charge < -0.3 is 40.9 Å². The summed E-state index contributed by atoms with van der Waals surface area (Å²) in [5, 5.41) is 0. The van der Waals surface area contributed by atoms with Crippen molar-refractivity contribution < 1.29 is 131 Å². The number of hydrogen-bond donors (Lipinski definition) is 0. The van der Waals surface area contributed by atoms with E-state index < -0.39 is 0 Å². The van der Waals surface area contributed by atoms with E-state index in [1.165, 1.54) is 0 Å². The topological polar surface area (TPSA) is 0 Å². The predicted octanol–water partition coefficient (Wildman–Crippen LogP) is 7.11. The molecule has 0 heterocycles. The van der Waals surface area contributed by atoms with Crippen molar-refractivity contribution in [3.05, 3.63) is 92.2 Å². The maximum absolute atomic E-state index is 4.25. The van der Waals surface area contributed by atoms with Gasteiger partial charge in [0, 0.05) is 131 Å². The van der Waals surface area contributed by atoms with E-state index in [0.717, 1.165) is 12.8 Å². The third-order valence-electron chi connectivity index (χ3n) is 0.833. The fraction of sp³-hybridized carbons (Fsp3) is 0.300. The molecule has 0 aromatic rings. The average molecular weight is 634 g/mol. The van der Waals surface area contributed by atoms with Crippen molar-refractivity contribution in [2.24, 2.45) is 0 Å². The van der Waals surface area contributed by atoms with Crippen LogP contribution in [0.15, 0.2) is 38.5 Å². The second-order valence-electron chi connectivity index (χ2n) is 1.52. The van der Waals surface area contributed by atoms with Gasteiger partial charge in [0.2, 0.25) is 0 Å². The Morgan fingerprint density at radius 2 is 0.708 bits per heavy atom. The van der Waals surface area contributed by atoms with Crippen molar-refractivity contribution in [1.29, 1.82) is 0 Å². The Bertz CT molecular complexity index is 85.6. The van der Waals surface area contributed by atoms with E-state index in [0.29, 0.717) is 0 Å². The van der Waals surface area contributed by atoms with Crippen molar-refractivity contribution in [2.45, 2.75) is 40.5 Å². The molecule has 0 N–H and O–H groups in total. The first kappa shape index (κ1) is 71.2. The van der Waals surface area contributed by atoms with Crippen molar-refractivity contribution >= 4 is 0 Å². The molecule has 0 amide bonds. The molecule has 0 unspecified atom stereocenters. The van der Waals surface area contributed by atoms with Crippen LogP contribution in [-0.2, 0) is 131 Å². The number of hydrogen-bond acceptors (Lipinski definition) is 0. The smallest absolute Gasteiger partial charge is 0 e. The van der Waals surface area contributed by atoms with E-state index in [-0.39, 0.29) is 131 Å². The normalized spacial score (nSPS) is 3.83. The van der Waals surface area contributed by atoms with E-state index in [9.17, 15) is 0 Å². The van der Waals surface area contributed by atoms with Crippen LogP contribution in [0.1, 0.15) is 40.5 Å². The molecule has 4 heteroatoms. The molecule has 0 aliphatic carbocycles. The van der Waals surface area contributed by atoms with Gasteiger partial charge in [0.15, 0.2) is 0 Å². The molecule has 0 saturated heterocycles. The third kappa shape index (κ3) is 222. The SMILES string of the molecule is C=C[CH-]CC[CH-]C=C.[CH-]=C.[CH-]=C.[CH2-]C.[CH2-]C.[CH2-]C.[CH2-]C.[Y].[Y].[Y].[Y].